The van der Waals surface area contributed by atoms with Crippen molar-refractivity contribution in [3.8, 4) is 0 Å². The van der Waals surface area contributed by atoms with E-state index in [2.05, 4.69) is 19.9 Å². The molecule has 0 aromatic carbocycles. The molecule has 0 bridgehead atoms. The number of hydrogen-bond donors (Lipinski definition) is 2. The van der Waals surface area contributed by atoms with Gasteiger partial charge in [-0.05, 0) is 0 Å². The third-order valence-electron chi connectivity index (χ3n) is 1.61. The molecule has 0 fully saturated rings. The zero-order valence-electron chi connectivity index (χ0n) is 6.69. The minimum Gasteiger partial charge on any atom is -0.325 e. The molecule has 0 aliphatic carbocycles. The Morgan fingerprint density at radius 1 is 1.46 bits per heavy atom. The Morgan fingerprint density at radius 3 is 3.08 bits per heavy atom. The number of hydrogen-bond acceptors (Lipinski definition) is 5. The Labute approximate surface area is 72.9 Å². The van der Waals surface area contributed by atoms with Crippen molar-refractivity contribution in [2.75, 3.05) is 0 Å². The zero-order valence-corrected chi connectivity index (χ0v) is 6.69. The molecule has 0 amide bonds. The molecular formula is C7H7N5O. The van der Waals surface area contributed by atoms with Crippen LogP contribution in [0.3, 0.4) is 0 Å². The van der Waals surface area contributed by atoms with Gasteiger partial charge in [0.1, 0.15) is 0 Å². The predicted octanol–water partition coefficient (Wildman–Crippen LogP) is -0.828. The Balaban J connectivity index is 2.82. The van der Waals surface area contributed by atoms with Crippen LogP contribution >= 0.6 is 0 Å². The Kier molecular flexibility index (Phi) is 1.75. The molecule has 0 aliphatic rings. The fourth-order valence-electron chi connectivity index (χ4n) is 0.985. The number of H-pyrrole nitrogens is 1. The van der Waals surface area contributed by atoms with E-state index in [-0.39, 0.29) is 17.6 Å². The second kappa shape index (κ2) is 2.91. The van der Waals surface area contributed by atoms with Crippen molar-refractivity contribution in [2.24, 2.45) is 5.73 Å². The number of nitrogens with two attached hydrogens (primary N) is 1. The van der Waals surface area contributed by atoms with Crippen LogP contribution in [0, 0.1) is 0 Å². The lowest BCUT2D eigenvalue weighted by molar-refractivity contribution is 0.972. The number of rotatable bonds is 1. The Bertz CT molecular complexity index is 491. The standard InChI is InChI=1S/C7H7N5O/c8-1-4-2-9-6-5(12-4)7(13)11-3-10-6/h2-3H,1,8H2,(H,9,10,11,13). The van der Waals surface area contributed by atoms with Crippen LogP contribution in [0.1, 0.15) is 5.69 Å². The molecule has 3 N–H and O–H groups in total. The average Bonchev–Trinajstić information content (AvgIpc) is 2.18. The molecule has 2 heterocycles. The van der Waals surface area contributed by atoms with Crippen LogP contribution in [0.2, 0.25) is 0 Å². The van der Waals surface area contributed by atoms with E-state index < -0.39 is 0 Å². The highest BCUT2D eigenvalue weighted by molar-refractivity contribution is 5.67. The van der Waals surface area contributed by atoms with Crippen molar-refractivity contribution < 1.29 is 0 Å². The average molecular weight is 177 g/mol. The predicted molar refractivity (Wildman–Crippen MR) is 45.8 cm³/mol. The summed E-state index contributed by atoms with van der Waals surface area (Å²) in [5.41, 5.74) is 6.19. The maximum Gasteiger partial charge on any atom is 0.278 e. The minimum atomic E-state index is -0.298. The molecular weight excluding hydrogens is 170 g/mol. The van der Waals surface area contributed by atoms with Crippen molar-refractivity contribution >= 4 is 11.2 Å². The summed E-state index contributed by atoms with van der Waals surface area (Å²) in [4.78, 5) is 25.4. The molecule has 0 spiro atoms. The van der Waals surface area contributed by atoms with Gasteiger partial charge >= 0.3 is 0 Å². The highest BCUT2D eigenvalue weighted by Gasteiger charge is 2.02. The molecule has 2 rings (SSSR count). The Morgan fingerprint density at radius 2 is 2.31 bits per heavy atom. The third kappa shape index (κ3) is 1.27. The molecule has 2 aromatic heterocycles. The molecule has 6 heteroatoms. The van der Waals surface area contributed by atoms with Gasteiger partial charge in [0.05, 0.1) is 18.2 Å². The summed E-state index contributed by atoms with van der Waals surface area (Å²) in [6.07, 6.45) is 2.80. The number of nitrogens with one attached hydrogen (secondary N) is 1. The summed E-state index contributed by atoms with van der Waals surface area (Å²) in [7, 11) is 0. The molecule has 66 valence electrons. The lowest BCUT2D eigenvalue weighted by atomic mass is 10.4. The van der Waals surface area contributed by atoms with Crippen LogP contribution in [-0.2, 0) is 6.54 Å². The van der Waals surface area contributed by atoms with Crippen LogP contribution < -0.4 is 11.3 Å². The topological polar surface area (TPSA) is 97.5 Å². The maximum absolute atomic E-state index is 11.2. The maximum atomic E-state index is 11.2. The number of fused-ring (bicyclic) bond motifs is 1. The van der Waals surface area contributed by atoms with Gasteiger partial charge in [-0.3, -0.25) is 4.79 Å². The third-order valence-corrected chi connectivity index (χ3v) is 1.61. The molecule has 0 saturated heterocycles. The fourth-order valence-corrected chi connectivity index (χ4v) is 0.985. The van der Waals surface area contributed by atoms with Crippen molar-refractivity contribution in [1.82, 2.24) is 19.9 Å². The minimum absolute atomic E-state index is 0.227. The van der Waals surface area contributed by atoms with Crippen molar-refractivity contribution in [2.45, 2.75) is 6.54 Å². The SMILES string of the molecule is NCc1cnc2nc[nH]c(=O)c2n1. The summed E-state index contributed by atoms with van der Waals surface area (Å²) in [6, 6.07) is 0. The first kappa shape index (κ1) is 7.81. The number of aromatic nitrogens is 4. The van der Waals surface area contributed by atoms with Crippen LogP contribution in [0.4, 0.5) is 0 Å². The van der Waals surface area contributed by atoms with Gasteiger partial charge in [0.2, 0.25) is 0 Å². The first-order valence-corrected chi connectivity index (χ1v) is 3.70. The molecule has 13 heavy (non-hydrogen) atoms. The van der Waals surface area contributed by atoms with Gasteiger partial charge < -0.3 is 10.7 Å². The summed E-state index contributed by atoms with van der Waals surface area (Å²) in [5, 5.41) is 0. The van der Waals surface area contributed by atoms with Gasteiger partial charge in [-0.2, -0.15) is 0 Å². The van der Waals surface area contributed by atoms with Gasteiger partial charge in [-0.15, -0.1) is 0 Å². The first-order chi connectivity index (χ1) is 6.31. The van der Waals surface area contributed by atoms with Gasteiger partial charge in [0, 0.05) is 6.54 Å². The van der Waals surface area contributed by atoms with Crippen LogP contribution in [0.25, 0.3) is 11.2 Å². The highest BCUT2D eigenvalue weighted by atomic mass is 16.1. The second-order valence-corrected chi connectivity index (χ2v) is 2.47. The molecule has 0 unspecified atom stereocenters. The van der Waals surface area contributed by atoms with Gasteiger partial charge in [-0.25, -0.2) is 15.0 Å². The Hall–Kier alpha value is -1.82. The highest BCUT2D eigenvalue weighted by Crippen LogP contribution is 1.98. The van der Waals surface area contributed by atoms with E-state index in [0.717, 1.165) is 0 Å². The van der Waals surface area contributed by atoms with Crippen LogP contribution in [0.15, 0.2) is 17.3 Å². The molecule has 0 aliphatic heterocycles. The second-order valence-electron chi connectivity index (χ2n) is 2.47. The first-order valence-electron chi connectivity index (χ1n) is 3.70. The van der Waals surface area contributed by atoms with Crippen molar-refractivity contribution in [3.63, 3.8) is 0 Å². The summed E-state index contributed by atoms with van der Waals surface area (Å²) >= 11 is 0. The van der Waals surface area contributed by atoms with Crippen LogP contribution in [0.5, 0.6) is 0 Å². The van der Waals surface area contributed by atoms with Gasteiger partial charge in [0.25, 0.3) is 5.56 Å². The van der Waals surface area contributed by atoms with Crippen molar-refractivity contribution in [1.29, 1.82) is 0 Å². The van der Waals surface area contributed by atoms with E-state index in [0.29, 0.717) is 11.3 Å². The lowest BCUT2D eigenvalue weighted by Gasteiger charge is -1.96. The normalized spacial score (nSPS) is 10.5. The molecule has 2 aromatic rings. The largest absolute Gasteiger partial charge is 0.325 e. The number of aromatic amines is 1. The fraction of sp³-hybridized carbons (Fsp3) is 0.143. The van der Waals surface area contributed by atoms with E-state index in [1.54, 1.807) is 0 Å². The van der Waals surface area contributed by atoms with E-state index in [9.17, 15) is 4.79 Å². The molecule has 0 saturated carbocycles. The van der Waals surface area contributed by atoms with E-state index in [1.165, 1.54) is 12.5 Å². The van der Waals surface area contributed by atoms with Crippen LogP contribution in [-0.4, -0.2) is 19.9 Å². The van der Waals surface area contributed by atoms with E-state index >= 15 is 0 Å². The van der Waals surface area contributed by atoms with Gasteiger partial charge in [0.15, 0.2) is 11.2 Å². The molecule has 0 atom stereocenters. The van der Waals surface area contributed by atoms with Gasteiger partial charge in [-0.1, -0.05) is 0 Å². The smallest absolute Gasteiger partial charge is 0.278 e. The summed E-state index contributed by atoms with van der Waals surface area (Å²) < 4.78 is 0. The lowest BCUT2D eigenvalue weighted by Crippen LogP contribution is -2.11. The summed E-state index contributed by atoms with van der Waals surface area (Å²) in [6.45, 7) is 0.261. The van der Waals surface area contributed by atoms with E-state index in [4.69, 9.17) is 5.73 Å². The zero-order chi connectivity index (χ0) is 9.26. The summed E-state index contributed by atoms with van der Waals surface area (Å²) in [5.74, 6) is 0. The number of nitrogens with zero attached hydrogens (tertiary/aromatic N) is 3. The molecule has 0 radical (unpaired) electrons. The quantitative estimate of drug-likeness (QED) is 0.592. The molecule has 6 nitrogen and oxygen atoms in total. The van der Waals surface area contributed by atoms with Crippen molar-refractivity contribution in [3.05, 3.63) is 28.6 Å². The monoisotopic (exact) mass is 177 g/mol. The van der Waals surface area contributed by atoms with E-state index in [1.807, 2.05) is 0 Å².